The summed E-state index contributed by atoms with van der Waals surface area (Å²) in [6, 6.07) is 16.3. The number of amides is 1. The highest BCUT2D eigenvalue weighted by atomic mass is 19.1. The van der Waals surface area contributed by atoms with E-state index in [1.807, 2.05) is 35.2 Å². The van der Waals surface area contributed by atoms with Crippen LogP contribution >= 0.6 is 0 Å². The molecule has 0 aromatic heterocycles. The fraction of sp³-hybridized carbons (Fsp3) is 0.417. The number of aliphatic imine (C=N–C) groups is 1. The van der Waals surface area contributed by atoms with E-state index in [4.69, 9.17) is 0 Å². The quantitative estimate of drug-likeness (QED) is 0.430. The molecule has 172 valence electrons. The van der Waals surface area contributed by atoms with E-state index in [0.717, 1.165) is 24.3 Å². The number of piperazine rings is 1. The summed E-state index contributed by atoms with van der Waals surface area (Å²) in [6.07, 6.45) is 0.374. The molecule has 32 heavy (non-hydrogen) atoms. The van der Waals surface area contributed by atoms with Crippen LogP contribution in [0, 0.1) is 5.82 Å². The number of benzene rings is 2. The highest BCUT2D eigenvalue weighted by Gasteiger charge is 2.21. The maximum atomic E-state index is 13.1. The van der Waals surface area contributed by atoms with Crippen molar-refractivity contribution in [1.82, 2.24) is 15.5 Å². The van der Waals surface area contributed by atoms with Gasteiger partial charge < -0.3 is 25.5 Å². The lowest BCUT2D eigenvalue weighted by Crippen LogP contribution is -2.49. The van der Waals surface area contributed by atoms with Crippen LogP contribution in [0.4, 0.5) is 10.1 Å². The molecule has 1 unspecified atom stereocenters. The highest BCUT2D eigenvalue weighted by molar-refractivity contribution is 5.81. The van der Waals surface area contributed by atoms with Gasteiger partial charge in [-0.15, -0.1) is 0 Å². The van der Waals surface area contributed by atoms with Crippen LogP contribution in [0.2, 0.25) is 0 Å². The van der Waals surface area contributed by atoms with Crippen LogP contribution in [0.25, 0.3) is 0 Å². The predicted octanol–water partition coefficient (Wildman–Crippen LogP) is 1.81. The van der Waals surface area contributed by atoms with Crippen LogP contribution in [-0.2, 0) is 4.79 Å². The Labute approximate surface area is 188 Å². The number of rotatable bonds is 8. The van der Waals surface area contributed by atoms with E-state index in [0.29, 0.717) is 38.6 Å². The number of aliphatic hydroxyl groups is 1. The number of nitrogens with one attached hydrogen (secondary N) is 2. The molecule has 1 aliphatic heterocycles. The molecular formula is C24H32FN5O2. The van der Waals surface area contributed by atoms with Crippen LogP contribution < -0.4 is 15.5 Å². The van der Waals surface area contributed by atoms with Crippen molar-refractivity contribution >= 4 is 17.6 Å². The van der Waals surface area contributed by atoms with Crippen LogP contribution in [0.1, 0.15) is 17.9 Å². The van der Waals surface area contributed by atoms with Gasteiger partial charge in [-0.2, -0.15) is 0 Å². The van der Waals surface area contributed by atoms with Crippen LogP contribution in [0.5, 0.6) is 0 Å². The van der Waals surface area contributed by atoms with E-state index < -0.39 is 0 Å². The van der Waals surface area contributed by atoms with E-state index >= 15 is 0 Å². The van der Waals surface area contributed by atoms with Gasteiger partial charge in [0.1, 0.15) is 5.82 Å². The molecule has 1 atom stereocenters. The number of nitrogens with zero attached hydrogens (tertiary/aromatic N) is 3. The van der Waals surface area contributed by atoms with Gasteiger partial charge >= 0.3 is 0 Å². The Morgan fingerprint density at radius 3 is 2.38 bits per heavy atom. The second-order valence-electron chi connectivity index (χ2n) is 7.76. The zero-order valence-electron chi connectivity index (χ0n) is 18.5. The fourth-order valence-electron chi connectivity index (χ4n) is 3.77. The number of hydrogen-bond acceptors (Lipinski definition) is 4. The molecule has 0 radical (unpaired) electrons. The number of halogens is 1. The van der Waals surface area contributed by atoms with E-state index in [9.17, 15) is 14.3 Å². The lowest BCUT2D eigenvalue weighted by atomic mass is 10.0. The summed E-state index contributed by atoms with van der Waals surface area (Å²) in [4.78, 5) is 20.8. The standard InChI is InChI=1S/C24H32FN5O2/c1-26-24(28-17-20(18-31)19-5-3-2-4-6-19)27-12-11-23(32)30-15-13-29(14-16-30)22-9-7-21(25)8-10-22/h2-10,20,31H,11-18H2,1H3,(H2,26,27,28). The summed E-state index contributed by atoms with van der Waals surface area (Å²) in [5, 5.41) is 16.1. The Hall–Kier alpha value is -3.13. The Kier molecular flexibility index (Phi) is 8.86. The minimum atomic E-state index is -0.244. The number of aliphatic hydroxyl groups excluding tert-OH is 1. The zero-order chi connectivity index (χ0) is 22.8. The maximum Gasteiger partial charge on any atom is 0.224 e. The molecule has 8 heteroatoms. The number of carbonyl (C=O) groups is 1. The first-order valence-corrected chi connectivity index (χ1v) is 11.0. The van der Waals surface area contributed by atoms with E-state index in [1.165, 1.54) is 12.1 Å². The molecule has 1 heterocycles. The Balaban J connectivity index is 1.37. The molecule has 2 aromatic carbocycles. The minimum Gasteiger partial charge on any atom is -0.396 e. The van der Waals surface area contributed by atoms with Crippen LogP contribution in [0.15, 0.2) is 59.6 Å². The van der Waals surface area contributed by atoms with Crippen molar-refractivity contribution in [2.45, 2.75) is 12.3 Å². The first-order chi connectivity index (χ1) is 15.6. The molecule has 0 spiro atoms. The smallest absolute Gasteiger partial charge is 0.224 e. The molecule has 2 aromatic rings. The third kappa shape index (κ3) is 6.68. The van der Waals surface area contributed by atoms with Gasteiger partial charge in [0.05, 0.1) is 6.61 Å². The lowest BCUT2D eigenvalue weighted by molar-refractivity contribution is -0.131. The Morgan fingerprint density at radius 1 is 1.06 bits per heavy atom. The molecule has 1 amide bonds. The van der Waals surface area contributed by atoms with Crippen LogP contribution in [0.3, 0.4) is 0 Å². The van der Waals surface area contributed by atoms with E-state index in [-0.39, 0.29) is 24.2 Å². The molecule has 1 fully saturated rings. The molecular weight excluding hydrogens is 409 g/mol. The van der Waals surface area contributed by atoms with Crippen molar-refractivity contribution in [2.75, 3.05) is 57.8 Å². The number of anilines is 1. The van der Waals surface area contributed by atoms with Gasteiger partial charge in [0.2, 0.25) is 5.91 Å². The number of guanidine groups is 1. The molecule has 0 aliphatic carbocycles. The van der Waals surface area contributed by atoms with Gasteiger partial charge in [0.25, 0.3) is 0 Å². The molecule has 3 rings (SSSR count). The normalized spacial score (nSPS) is 15.4. The molecule has 0 saturated carbocycles. The van der Waals surface area contributed by atoms with Gasteiger partial charge in [0.15, 0.2) is 5.96 Å². The van der Waals surface area contributed by atoms with E-state index in [1.54, 1.807) is 19.2 Å². The van der Waals surface area contributed by atoms with Gasteiger partial charge in [-0.3, -0.25) is 9.79 Å². The summed E-state index contributed by atoms with van der Waals surface area (Å²) < 4.78 is 13.1. The first kappa shape index (κ1) is 23.5. The largest absolute Gasteiger partial charge is 0.396 e. The van der Waals surface area contributed by atoms with Gasteiger partial charge in [-0.05, 0) is 29.8 Å². The summed E-state index contributed by atoms with van der Waals surface area (Å²) >= 11 is 0. The highest BCUT2D eigenvalue weighted by Crippen LogP contribution is 2.17. The third-order valence-corrected chi connectivity index (χ3v) is 5.69. The summed E-state index contributed by atoms with van der Waals surface area (Å²) in [5.74, 6) is 0.429. The third-order valence-electron chi connectivity index (χ3n) is 5.69. The summed E-state index contributed by atoms with van der Waals surface area (Å²) in [5.41, 5.74) is 2.04. The average Bonchev–Trinajstić information content (AvgIpc) is 2.84. The molecule has 7 nitrogen and oxygen atoms in total. The Morgan fingerprint density at radius 2 is 1.75 bits per heavy atom. The predicted molar refractivity (Wildman–Crippen MR) is 125 cm³/mol. The van der Waals surface area contributed by atoms with Crippen molar-refractivity contribution in [3.63, 3.8) is 0 Å². The topological polar surface area (TPSA) is 80.2 Å². The Bertz CT molecular complexity index is 868. The van der Waals surface area contributed by atoms with Gasteiger partial charge in [-0.25, -0.2) is 4.39 Å². The summed E-state index contributed by atoms with van der Waals surface area (Å²) in [7, 11) is 1.68. The zero-order valence-corrected chi connectivity index (χ0v) is 18.5. The van der Waals surface area contributed by atoms with Crippen molar-refractivity contribution in [1.29, 1.82) is 0 Å². The van der Waals surface area contributed by atoms with Crippen molar-refractivity contribution in [2.24, 2.45) is 4.99 Å². The maximum absolute atomic E-state index is 13.1. The molecule has 1 saturated heterocycles. The SMILES string of the molecule is CN=C(NCCC(=O)N1CCN(c2ccc(F)cc2)CC1)NCC(CO)c1ccccc1. The molecule has 3 N–H and O–H groups in total. The van der Waals surface area contributed by atoms with Crippen molar-refractivity contribution in [3.8, 4) is 0 Å². The van der Waals surface area contributed by atoms with Crippen molar-refractivity contribution < 1.29 is 14.3 Å². The second-order valence-corrected chi connectivity index (χ2v) is 7.76. The van der Waals surface area contributed by atoms with Gasteiger partial charge in [-0.1, -0.05) is 30.3 Å². The lowest BCUT2D eigenvalue weighted by Gasteiger charge is -2.36. The average molecular weight is 442 g/mol. The molecule has 0 bridgehead atoms. The summed E-state index contributed by atoms with van der Waals surface area (Å²) in [6.45, 7) is 3.82. The number of carbonyl (C=O) groups excluding carboxylic acids is 1. The fourth-order valence-corrected chi connectivity index (χ4v) is 3.77. The van der Waals surface area contributed by atoms with Gasteiger partial charge in [0, 0.05) is 64.3 Å². The van der Waals surface area contributed by atoms with E-state index in [2.05, 4.69) is 20.5 Å². The monoisotopic (exact) mass is 441 g/mol. The minimum absolute atomic E-state index is 0.0335. The molecule has 1 aliphatic rings. The number of hydrogen-bond donors (Lipinski definition) is 3. The van der Waals surface area contributed by atoms with Crippen molar-refractivity contribution in [3.05, 3.63) is 66.0 Å². The second kappa shape index (κ2) is 12.0. The van der Waals surface area contributed by atoms with Crippen LogP contribution in [-0.4, -0.2) is 74.8 Å². The first-order valence-electron chi connectivity index (χ1n) is 11.0.